The summed E-state index contributed by atoms with van der Waals surface area (Å²) in [5.41, 5.74) is 10.8. The number of morpholine rings is 1. The van der Waals surface area contributed by atoms with Crippen LogP contribution in [-0.4, -0.2) is 48.6 Å². The Balaban J connectivity index is 2.18. The van der Waals surface area contributed by atoms with Gasteiger partial charge in [-0.25, -0.2) is 0 Å². The van der Waals surface area contributed by atoms with Crippen molar-refractivity contribution in [1.29, 1.82) is 0 Å². The highest BCUT2D eigenvalue weighted by molar-refractivity contribution is 5.90. The molecule has 1 heterocycles. The van der Waals surface area contributed by atoms with Gasteiger partial charge in [0.05, 0.1) is 18.6 Å². The van der Waals surface area contributed by atoms with Crippen LogP contribution in [0.25, 0.3) is 0 Å². The van der Waals surface area contributed by atoms with Gasteiger partial charge in [0, 0.05) is 12.6 Å². The number of amides is 2. The van der Waals surface area contributed by atoms with Crippen LogP contribution in [-0.2, 0) is 14.3 Å². The Bertz CT molecular complexity index is 360. The molecular formula is C12H21N3O3. The van der Waals surface area contributed by atoms with Gasteiger partial charge in [0.25, 0.3) is 0 Å². The molecular weight excluding hydrogens is 234 g/mol. The Kier molecular flexibility index (Phi) is 3.59. The van der Waals surface area contributed by atoms with Gasteiger partial charge in [0.15, 0.2) is 0 Å². The molecule has 102 valence electrons. The van der Waals surface area contributed by atoms with Crippen molar-refractivity contribution in [2.75, 3.05) is 19.8 Å². The Morgan fingerprint density at radius 2 is 2.17 bits per heavy atom. The molecule has 0 spiro atoms. The van der Waals surface area contributed by atoms with Crippen molar-refractivity contribution in [3.8, 4) is 0 Å². The van der Waals surface area contributed by atoms with Crippen LogP contribution < -0.4 is 11.5 Å². The van der Waals surface area contributed by atoms with Gasteiger partial charge in [-0.2, -0.15) is 0 Å². The van der Waals surface area contributed by atoms with E-state index in [-0.39, 0.29) is 18.6 Å². The summed E-state index contributed by atoms with van der Waals surface area (Å²) in [7, 11) is 0. The normalized spacial score (nSPS) is 36.7. The van der Waals surface area contributed by atoms with Gasteiger partial charge >= 0.3 is 0 Å². The first kappa shape index (κ1) is 13.3. The summed E-state index contributed by atoms with van der Waals surface area (Å²) < 4.78 is 5.22. The zero-order chi connectivity index (χ0) is 13.3. The Morgan fingerprint density at radius 1 is 1.44 bits per heavy atom. The SMILES string of the molecule is CC1(C(=O)N2CCOCC2C(N)=O)CCCC1N. The third-order valence-electron chi connectivity index (χ3n) is 4.24. The zero-order valence-electron chi connectivity index (χ0n) is 10.7. The van der Waals surface area contributed by atoms with Crippen molar-refractivity contribution in [2.45, 2.75) is 38.3 Å². The molecule has 0 bridgehead atoms. The summed E-state index contributed by atoms with van der Waals surface area (Å²) in [6.07, 6.45) is 2.58. The highest BCUT2D eigenvalue weighted by Gasteiger charge is 2.47. The molecule has 0 aromatic rings. The van der Waals surface area contributed by atoms with Crippen molar-refractivity contribution in [1.82, 2.24) is 4.90 Å². The third-order valence-corrected chi connectivity index (χ3v) is 4.24. The van der Waals surface area contributed by atoms with Gasteiger partial charge in [-0.3, -0.25) is 9.59 Å². The molecule has 2 aliphatic rings. The van der Waals surface area contributed by atoms with Crippen LogP contribution in [0.3, 0.4) is 0 Å². The molecule has 18 heavy (non-hydrogen) atoms. The van der Waals surface area contributed by atoms with Crippen LogP contribution in [0.4, 0.5) is 0 Å². The smallest absolute Gasteiger partial charge is 0.242 e. The molecule has 2 amide bonds. The zero-order valence-corrected chi connectivity index (χ0v) is 10.7. The number of hydrogen-bond donors (Lipinski definition) is 2. The highest BCUT2D eigenvalue weighted by Crippen LogP contribution is 2.39. The van der Waals surface area contributed by atoms with Crippen LogP contribution in [0.5, 0.6) is 0 Å². The average molecular weight is 255 g/mol. The van der Waals surface area contributed by atoms with Gasteiger partial charge in [-0.1, -0.05) is 6.42 Å². The first-order valence-electron chi connectivity index (χ1n) is 6.40. The van der Waals surface area contributed by atoms with E-state index >= 15 is 0 Å². The molecule has 1 aliphatic carbocycles. The molecule has 0 aromatic heterocycles. The second-order valence-electron chi connectivity index (χ2n) is 5.41. The predicted octanol–water partition coefficient (Wildman–Crippen LogP) is -0.783. The van der Waals surface area contributed by atoms with Crippen molar-refractivity contribution in [3.05, 3.63) is 0 Å². The largest absolute Gasteiger partial charge is 0.377 e. The summed E-state index contributed by atoms with van der Waals surface area (Å²) in [5, 5.41) is 0. The van der Waals surface area contributed by atoms with E-state index in [9.17, 15) is 9.59 Å². The lowest BCUT2D eigenvalue weighted by molar-refractivity contribution is -0.155. The maximum atomic E-state index is 12.6. The minimum atomic E-state index is -0.657. The van der Waals surface area contributed by atoms with E-state index < -0.39 is 17.4 Å². The topological polar surface area (TPSA) is 98.6 Å². The van der Waals surface area contributed by atoms with Gasteiger partial charge in [0.1, 0.15) is 6.04 Å². The molecule has 0 radical (unpaired) electrons. The second-order valence-corrected chi connectivity index (χ2v) is 5.41. The van der Waals surface area contributed by atoms with Crippen molar-refractivity contribution >= 4 is 11.8 Å². The highest BCUT2D eigenvalue weighted by atomic mass is 16.5. The molecule has 6 nitrogen and oxygen atoms in total. The van der Waals surface area contributed by atoms with E-state index in [1.165, 1.54) is 0 Å². The maximum absolute atomic E-state index is 12.6. The molecule has 2 fully saturated rings. The van der Waals surface area contributed by atoms with E-state index in [2.05, 4.69) is 0 Å². The summed E-state index contributed by atoms with van der Waals surface area (Å²) >= 11 is 0. The van der Waals surface area contributed by atoms with Gasteiger partial charge in [-0.05, 0) is 19.8 Å². The first-order chi connectivity index (χ1) is 8.47. The summed E-state index contributed by atoms with van der Waals surface area (Å²) in [6, 6.07) is -0.794. The fraction of sp³-hybridized carbons (Fsp3) is 0.833. The number of ether oxygens (including phenoxy) is 1. The molecule has 1 aliphatic heterocycles. The number of hydrogen-bond acceptors (Lipinski definition) is 4. The minimum absolute atomic E-state index is 0.0559. The van der Waals surface area contributed by atoms with Crippen LogP contribution in [0.15, 0.2) is 0 Å². The van der Waals surface area contributed by atoms with E-state index in [0.29, 0.717) is 13.2 Å². The Labute approximate surface area is 107 Å². The van der Waals surface area contributed by atoms with E-state index in [1.807, 2.05) is 6.92 Å². The predicted molar refractivity (Wildman–Crippen MR) is 65.4 cm³/mol. The van der Waals surface area contributed by atoms with E-state index in [0.717, 1.165) is 19.3 Å². The number of nitrogens with zero attached hydrogens (tertiary/aromatic N) is 1. The first-order valence-corrected chi connectivity index (χ1v) is 6.40. The van der Waals surface area contributed by atoms with Crippen molar-refractivity contribution in [2.24, 2.45) is 16.9 Å². The van der Waals surface area contributed by atoms with Gasteiger partial charge in [0.2, 0.25) is 11.8 Å². The lowest BCUT2D eigenvalue weighted by Gasteiger charge is -2.40. The molecule has 6 heteroatoms. The Hall–Kier alpha value is -1.14. The number of carbonyl (C=O) groups is 2. The minimum Gasteiger partial charge on any atom is -0.377 e. The lowest BCUT2D eigenvalue weighted by atomic mass is 9.83. The number of nitrogens with two attached hydrogens (primary N) is 2. The van der Waals surface area contributed by atoms with E-state index in [4.69, 9.17) is 16.2 Å². The lowest BCUT2D eigenvalue weighted by Crippen LogP contribution is -2.60. The van der Waals surface area contributed by atoms with Crippen LogP contribution >= 0.6 is 0 Å². The number of carbonyl (C=O) groups excluding carboxylic acids is 2. The molecule has 0 aromatic carbocycles. The van der Waals surface area contributed by atoms with Gasteiger partial charge < -0.3 is 21.1 Å². The fourth-order valence-electron chi connectivity index (χ4n) is 2.87. The summed E-state index contributed by atoms with van der Waals surface area (Å²) in [5.74, 6) is -0.571. The second kappa shape index (κ2) is 4.85. The van der Waals surface area contributed by atoms with Crippen LogP contribution in [0.2, 0.25) is 0 Å². The van der Waals surface area contributed by atoms with Gasteiger partial charge in [-0.15, -0.1) is 0 Å². The van der Waals surface area contributed by atoms with E-state index in [1.54, 1.807) is 4.90 Å². The van der Waals surface area contributed by atoms with Crippen LogP contribution in [0.1, 0.15) is 26.2 Å². The maximum Gasteiger partial charge on any atom is 0.242 e. The molecule has 3 unspecified atom stereocenters. The molecule has 1 saturated carbocycles. The third kappa shape index (κ3) is 2.10. The quantitative estimate of drug-likeness (QED) is 0.676. The number of primary amides is 1. The molecule has 2 rings (SSSR count). The van der Waals surface area contributed by atoms with Crippen molar-refractivity contribution in [3.63, 3.8) is 0 Å². The average Bonchev–Trinajstić information content (AvgIpc) is 2.70. The molecule has 1 saturated heterocycles. The fourth-order valence-corrected chi connectivity index (χ4v) is 2.87. The summed E-state index contributed by atoms with van der Waals surface area (Å²) in [4.78, 5) is 25.6. The molecule has 4 N–H and O–H groups in total. The monoisotopic (exact) mass is 255 g/mol. The van der Waals surface area contributed by atoms with Crippen molar-refractivity contribution < 1.29 is 14.3 Å². The Morgan fingerprint density at radius 3 is 2.72 bits per heavy atom. The summed E-state index contributed by atoms with van der Waals surface area (Å²) in [6.45, 7) is 2.93. The number of rotatable bonds is 2. The van der Waals surface area contributed by atoms with Crippen LogP contribution in [0, 0.1) is 5.41 Å². The standard InChI is InChI=1S/C12H21N3O3/c1-12(4-2-3-9(12)13)11(17)15-5-6-18-7-8(15)10(14)16/h8-9H,2-7,13H2,1H3,(H2,14,16). The molecule has 3 atom stereocenters.